The molecule has 0 spiro atoms. The zero-order valence-corrected chi connectivity index (χ0v) is 18.6. The van der Waals surface area contributed by atoms with E-state index in [4.69, 9.17) is 0 Å². The molecule has 0 bridgehead atoms. The number of nitrogens with one attached hydrogen (secondary N) is 2. The fourth-order valence-electron chi connectivity index (χ4n) is 3.91. The molecule has 0 unspecified atom stereocenters. The summed E-state index contributed by atoms with van der Waals surface area (Å²) in [6.07, 6.45) is 3.64. The average molecular weight is 438 g/mol. The van der Waals surface area contributed by atoms with E-state index in [0.29, 0.717) is 5.82 Å². The minimum absolute atomic E-state index is 0.125. The fourth-order valence-corrected chi connectivity index (χ4v) is 4.72. The van der Waals surface area contributed by atoms with Crippen molar-refractivity contribution in [1.82, 2.24) is 14.7 Å². The Morgan fingerprint density at radius 1 is 1.16 bits per heavy atom. The fraction of sp³-hybridized carbons (Fsp3) is 0.348. The molecule has 1 aliphatic heterocycles. The van der Waals surface area contributed by atoms with Crippen molar-refractivity contribution < 1.29 is 9.59 Å². The third kappa shape index (κ3) is 5.21. The normalized spacial score (nSPS) is 15.0. The van der Waals surface area contributed by atoms with Gasteiger partial charge in [-0.2, -0.15) is 5.10 Å². The number of hydrogen-bond acceptors (Lipinski definition) is 5. The third-order valence-corrected chi connectivity index (χ3v) is 6.69. The van der Waals surface area contributed by atoms with Crippen LogP contribution < -0.4 is 10.6 Å². The van der Waals surface area contributed by atoms with E-state index in [9.17, 15) is 9.59 Å². The largest absolute Gasteiger partial charge is 0.324 e. The number of aryl methyl sites for hydroxylation is 1. The maximum atomic E-state index is 12.5. The second kappa shape index (κ2) is 9.45. The number of carbonyl (C=O) groups excluding carboxylic acids is 2. The van der Waals surface area contributed by atoms with Crippen LogP contribution in [0, 0.1) is 6.92 Å². The Morgan fingerprint density at radius 2 is 1.94 bits per heavy atom. The number of hydrogen-bond donors (Lipinski definition) is 2. The average Bonchev–Trinajstić information content (AvgIpc) is 3.40. The summed E-state index contributed by atoms with van der Waals surface area (Å²) >= 11 is 1.52. The third-order valence-electron chi connectivity index (χ3n) is 5.62. The Bertz CT molecular complexity index is 1070. The molecule has 31 heavy (non-hydrogen) atoms. The second-order valence-corrected chi connectivity index (χ2v) is 8.85. The molecule has 3 aromatic rings. The molecule has 0 saturated carbocycles. The highest BCUT2D eigenvalue weighted by Gasteiger charge is 2.23. The Kier molecular flexibility index (Phi) is 6.48. The van der Waals surface area contributed by atoms with Crippen LogP contribution in [0.1, 0.15) is 46.6 Å². The first-order valence-electron chi connectivity index (χ1n) is 10.5. The lowest BCUT2D eigenvalue weighted by Crippen LogP contribution is -2.35. The highest BCUT2D eigenvalue weighted by molar-refractivity contribution is 7.12. The lowest BCUT2D eigenvalue weighted by molar-refractivity contribution is 0.102. The summed E-state index contributed by atoms with van der Waals surface area (Å²) in [7, 11) is 0. The molecular weight excluding hydrogens is 410 g/mol. The van der Waals surface area contributed by atoms with Crippen molar-refractivity contribution in [2.75, 3.05) is 23.7 Å². The number of anilines is 2. The number of piperidine rings is 1. The van der Waals surface area contributed by atoms with Crippen LogP contribution in [0.5, 0.6) is 0 Å². The first kappa shape index (κ1) is 21.3. The topological polar surface area (TPSA) is 79.3 Å². The van der Waals surface area contributed by atoms with Gasteiger partial charge in [0.2, 0.25) is 0 Å². The molecule has 1 fully saturated rings. The van der Waals surface area contributed by atoms with Gasteiger partial charge in [-0.1, -0.05) is 18.2 Å². The van der Waals surface area contributed by atoms with E-state index in [1.54, 1.807) is 13.1 Å². The van der Waals surface area contributed by atoms with Crippen molar-refractivity contribution in [3.05, 3.63) is 64.0 Å². The quantitative estimate of drug-likeness (QED) is 0.536. The van der Waals surface area contributed by atoms with Crippen LogP contribution in [-0.4, -0.2) is 39.6 Å². The molecule has 2 N–H and O–H groups in total. The summed E-state index contributed by atoms with van der Waals surface area (Å²) in [4.78, 5) is 27.2. The van der Waals surface area contributed by atoms with Crippen LogP contribution in [0.3, 0.4) is 0 Å². The Balaban J connectivity index is 1.32. The van der Waals surface area contributed by atoms with Gasteiger partial charge in [-0.3, -0.25) is 15.0 Å². The van der Waals surface area contributed by atoms with E-state index in [1.807, 2.05) is 48.0 Å². The molecule has 4 rings (SSSR count). The predicted octanol–water partition coefficient (Wildman–Crippen LogP) is 4.94. The summed E-state index contributed by atoms with van der Waals surface area (Å²) in [5.41, 5.74) is 3.00. The first-order chi connectivity index (χ1) is 15.0. The number of para-hydroxylation sites is 1. The first-order valence-corrected chi connectivity index (χ1v) is 11.4. The van der Waals surface area contributed by atoms with Crippen LogP contribution in [0.4, 0.5) is 16.3 Å². The molecule has 3 heterocycles. The Morgan fingerprint density at radius 3 is 2.65 bits per heavy atom. The van der Waals surface area contributed by atoms with Gasteiger partial charge in [0.25, 0.3) is 0 Å². The maximum absolute atomic E-state index is 12.5. The molecule has 2 aromatic heterocycles. The molecule has 0 atom stereocenters. The summed E-state index contributed by atoms with van der Waals surface area (Å²) in [6.45, 7) is 6.33. The standard InChI is InChI=1S/C23H27N5O2S/c1-16-5-3-4-6-20(16)25-23(30)26-22-7-10-24-28(22)19-8-11-27(12-9-19)14-18-13-21(17(2)29)31-15-18/h3-7,10,13,15,19H,8-9,11-12,14H2,1-2H3,(H2,25,26,30). The number of urea groups is 1. The Hall–Kier alpha value is -2.97. The van der Waals surface area contributed by atoms with E-state index in [1.165, 1.54) is 16.9 Å². The molecule has 162 valence electrons. The van der Waals surface area contributed by atoms with Gasteiger partial charge in [0, 0.05) is 31.4 Å². The van der Waals surface area contributed by atoms with Gasteiger partial charge in [0.15, 0.2) is 5.78 Å². The summed E-state index contributed by atoms with van der Waals surface area (Å²) in [5.74, 6) is 0.827. The maximum Gasteiger partial charge on any atom is 0.324 e. The number of amides is 2. The number of aromatic nitrogens is 2. The number of Topliss-reactive ketones (excluding diaryl/α,β-unsaturated/α-hetero) is 1. The summed E-state index contributed by atoms with van der Waals surface area (Å²) < 4.78 is 1.92. The van der Waals surface area contributed by atoms with Crippen molar-refractivity contribution in [2.24, 2.45) is 0 Å². The number of benzene rings is 1. The van der Waals surface area contributed by atoms with Gasteiger partial charge in [-0.25, -0.2) is 9.48 Å². The van der Waals surface area contributed by atoms with Crippen molar-refractivity contribution in [3.8, 4) is 0 Å². The molecular formula is C23H27N5O2S. The predicted molar refractivity (Wildman–Crippen MR) is 124 cm³/mol. The van der Waals surface area contributed by atoms with Crippen molar-refractivity contribution in [1.29, 1.82) is 0 Å². The van der Waals surface area contributed by atoms with Gasteiger partial charge in [0.05, 0.1) is 17.1 Å². The van der Waals surface area contributed by atoms with Crippen LogP contribution in [-0.2, 0) is 6.54 Å². The molecule has 1 aliphatic rings. The number of ketones is 1. The zero-order valence-electron chi connectivity index (χ0n) is 17.8. The van der Waals surface area contributed by atoms with Gasteiger partial charge >= 0.3 is 6.03 Å². The van der Waals surface area contributed by atoms with Gasteiger partial charge in [-0.15, -0.1) is 11.3 Å². The number of thiophene rings is 1. The van der Waals surface area contributed by atoms with Crippen LogP contribution in [0.15, 0.2) is 48.0 Å². The van der Waals surface area contributed by atoms with Crippen LogP contribution in [0.25, 0.3) is 0 Å². The Labute approximate surface area is 186 Å². The van der Waals surface area contributed by atoms with Gasteiger partial charge in [-0.05, 0) is 55.3 Å². The number of nitrogens with zero attached hydrogens (tertiary/aromatic N) is 3. The highest BCUT2D eigenvalue weighted by atomic mass is 32.1. The SMILES string of the molecule is CC(=O)c1cc(CN2CCC(n3nccc3NC(=O)Nc3ccccc3C)CC2)cs1. The molecule has 1 aromatic carbocycles. The second-order valence-electron chi connectivity index (χ2n) is 7.94. The molecule has 1 saturated heterocycles. The zero-order chi connectivity index (χ0) is 21.8. The van der Waals surface area contributed by atoms with E-state index in [0.717, 1.165) is 48.6 Å². The van der Waals surface area contributed by atoms with Crippen LogP contribution in [0.2, 0.25) is 0 Å². The van der Waals surface area contributed by atoms with E-state index in [-0.39, 0.29) is 17.9 Å². The minimum atomic E-state index is -0.271. The number of rotatable bonds is 6. The van der Waals surface area contributed by atoms with Gasteiger partial charge in [0.1, 0.15) is 5.82 Å². The molecule has 0 aliphatic carbocycles. The lowest BCUT2D eigenvalue weighted by atomic mass is 10.0. The summed E-state index contributed by atoms with van der Waals surface area (Å²) in [6, 6.07) is 11.5. The van der Waals surface area contributed by atoms with E-state index >= 15 is 0 Å². The molecule has 7 nitrogen and oxygen atoms in total. The highest BCUT2D eigenvalue weighted by Crippen LogP contribution is 2.27. The monoisotopic (exact) mass is 437 g/mol. The van der Waals surface area contributed by atoms with Crippen molar-refractivity contribution in [3.63, 3.8) is 0 Å². The van der Waals surface area contributed by atoms with Crippen molar-refractivity contribution in [2.45, 2.75) is 39.3 Å². The molecule has 2 amide bonds. The lowest BCUT2D eigenvalue weighted by Gasteiger charge is -2.32. The smallest absolute Gasteiger partial charge is 0.307 e. The minimum Gasteiger partial charge on any atom is -0.307 e. The van der Waals surface area contributed by atoms with Gasteiger partial charge < -0.3 is 5.32 Å². The number of carbonyl (C=O) groups is 2. The van der Waals surface area contributed by atoms with E-state index < -0.39 is 0 Å². The molecule has 8 heteroatoms. The number of likely N-dealkylation sites (tertiary alicyclic amines) is 1. The van der Waals surface area contributed by atoms with E-state index in [2.05, 4.69) is 26.0 Å². The summed E-state index contributed by atoms with van der Waals surface area (Å²) in [5, 5.41) is 12.4. The van der Waals surface area contributed by atoms with Crippen LogP contribution >= 0.6 is 11.3 Å². The molecule has 0 radical (unpaired) electrons. The van der Waals surface area contributed by atoms with Crippen molar-refractivity contribution >= 4 is 34.7 Å².